The zero-order chi connectivity index (χ0) is 14.7. The Labute approximate surface area is 125 Å². The molecule has 114 valence electrons. The highest BCUT2D eigenvalue weighted by Crippen LogP contribution is 2.32. The van der Waals surface area contributed by atoms with Crippen molar-refractivity contribution in [1.82, 2.24) is 0 Å². The predicted octanol–water partition coefficient (Wildman–Crippen LogP) is 4.16. The SMILES string of the molecule is Cc1ccc(C(CCC2OCCCO2)c2ccc(C)o2)o1. The fourth-order valence-electron chi connectivity index (χ4n) is 2.71. The number of hydrogen-bond donors (Lipinski definition) is 0. The lowest BCUT2D eigenvalue weighted by Crippen LogP contribution is -2.25. The molecule has 0 aliphatic carbocycles. The van der Waals surface area contributed by atoms with Gasteiger partial charge in [0.25, 0.3) is 0 Å². The van der Waals surface area contributed by atoms with Gasteiger partial charge in [0.2, 0.25) is 0 Å². The molecule has 4 heteroatoms. The van der Waals surface area contributed by atoms with Gasteiger partial charge in [0.05, 0.1) is 19.1 Å². The second kappa shape index (κ2) is 6.50. The van der Waals surface area contributed by atoms with Gasteiger partial charge in [0.1, 0.15) is 23.0 Å². The van der Waals surface area contributed by atoms with Crippen LogP contribution in [0.3, 0.4) is 0 Å². The molecule has 1 fully saturated rings. The second-order valence-electron chi connectivity index (χ2n) is 5.55. The maximum atomic E-state index is 5.81. The van der Waals surface area contributed by atoms with E-state index < -0.39 is 0 Å². The number of hydrogen-bond acceptors (Lipinski definition) is 4. The van der Waals surface area contributed by atoms with E-state index in [4.69, 9.17) is 18.3 Å². The first-order valence-electron chi connectivity index (χ1n) is 7.58. The topological polar surface area (TPSA) is 44.7 Å². The first kappa shape index (κ1) is 14.4. The normalized spacial score (nSPS) is 16.7. The predicted molar refractivity (Wildman–Crippen MR) is 78.3 cm³/mol. The van der Waals surface area contributed by atoms with Crippen LogP contribution in [0.2, 0.25) is 0 Å². The van der Waals surface area contributed by atoms with E-state index in [0.717, 1.165) is 55.5 Å². The molecule has 2 aromatic rings. The molecule has 0 radical (unpaired) electrons. The standard InChI is InChI=1S/C17H22O4/c1-12-4-7-15(20-12)14(16-8-5-13(2)21-16)6-9-17-18-10-3-11-19-17/h4-5,7-8,14,17H,3,6,9-11H2,1-2H3. The average Bonchev–Trinajstić information content (AvgIpc) is 3.10. The van der Waals surface area contributed by atoms with Crippen LogP contribution in [-0.4, -0.2) is 19.5 Å². The van der Waals surface area contributed by atoms with E-state index in [-0.39, 0.29) is 12.2 Å². The Hall–Kier alpha value is -1.52. The van der Waals surface area contributed by atoms with Crippen LogP contribution < -0.4 is 0 Å². The third kappa shape index (κ3) is 3.57. The molecule has 1 saturated heterocycles. The van der Waals surface area contributed by atoms with E-state index in [1.165, 1.54) is 0 Å². The minimum atomic E-state index is -0.103. The van der Waals surface area contributed by atoms with E-state index in [2.05, 4.69) is 0 Å². The Morgan fingerprint density at radius 2 is 1.52 bits per heavy atom. The van der Waals surface area contributed by atoms with E-state index in [1.54, 1.807) is 0 Å². The number of rotatable bonds is 5. The highest BCUT2D eigenvalue weighted by molar-refractivity contribution is 5.22. The van der Waals surface area contributed by atoms with Crippen LogP contribution in [0.1, 0.15) is 48.2 Å². The summed E-state index contributed by atoms with van der Waals surface area (Å²) in [7, 11) is 0. The molecule has 0 amide bonds. The van der Waals surface area contributed by atoms with Crippen molar-refractivity contribution in [3.8, 4) is 0 Å². The summed E-state index contributed by atoms with van der Waals surface area (Å²) < 4.78 is 22.9. The summed E-state index contributed by atoms with van der Waals surface area (Å²) >= 11 is 0. The van der Waals surface area contributed by atoms with Crippen molar-refractivity contribution in [1.29, 1.82) is 0 Å². The molecule has 0 aromatic carbocycles. The van der Waals surface area contributed by atoms with Gasteiger partial charge >= 0.3 is 0 Å². The minimum absolute atomic E-state index is 0.103. The zero-order valence-corrected chi connectivity index (χ0v) is 12.6. The monoisotopic (exact) mass is 290 g/mol. The van der Waals surface area contributed by atoms with Gasteiger partial charge in [-0.05, 0) is 57.4 Å². The maximum Gasteiger partial charge on any atom is 0.157 e. The lowest BCUT2D eigenvalue weighted by atomic mass is 9.97. The number of aryl methyl sites for hydroxylation is 2. The first-order chi connectivity index (χ1) is 10.2. The Morgan fingerprint density at radius 1 is 0.952 bits per heavy atom. The molecule has 21 heavy (non-hydrogen) atoms. The summed E-state index contributed by atoms with van der Waals surface area (Å²) in [4.78, 5) is 0. The molecule has 1 aliphatic heterocycles. The van der Waals surface area contributed by atoms with Crippen molar-refractivity contribution in [3.05, 3.63) is 47.3 Å². The van der Waals surface area contributed by atoms with Crippen molar-refractivity contribution >= 4 is 0 Å². The van der Waals surface area contributed by atoms with Crippen LogP contribution in [0.5, 0.6) is 0 Å². The van der Waals surface area contributed by atoms with E-state index in [0.29, 0.717) is 0 Å². The van der Waals surface area contributed by atoms with Crippen LogP contribution in [-0.2, 0) is 9.47 Å². The van der Waals surface area contributed by atoms with Gasteiger partial charge in [-0.1, -0.05) is 0 Å². The fraction of sp³-hybridized carbons (Fsp3) is 0.529. The molecule has 0 unspecified atom stereocenters. The largest absolute Gasteiger partial charge is 0.466 e. The molecule has 3 heterocycles. The molecule has 3 rings (SSSR count). The fourth-order valence-corrected chi connectivity index (χ4v) is 2.71. The van der Waals surface area contributed by atoms with Gasteiger partial charge in [-0.2, -0.15) is 0 Å². The molecule has 0 spiro atoms. The summed E-state index contributed by atoms with van der Waals surface area (Å²) in [5, 5.41) is 0. The third-order valence-corrected chi connectivity index (χ3v) is 3.80. The molecule has 1 aliphatic rings. The zero-order valence-electron chi connectivity index (χ0n) is 12.6. The van der Waals surface area contributed by atoms with Gasteiger partial charge in [-0.3, -0.25) is 0 Å². The minimum Gasteiger partial charge on any atom is -0.466 e. The lowest BCUT2D eigenvalue weighted by molar-refractivity contribution is -0.181. The summed E-state index contributed by atoms with van der Waals surface area (Å²) in [6.07, 6.45) is 2.59. The average molecular weight is 290 g/mol. The van der Waals surface area contributed by atoms with Crippen molar-refractivity contribution in [2.45, 2.75) is 45.3 Å². The second-order valence-corrected chi connectivity index (χ2v) is 5.55. The Balaban J connectivity index is 1.72. The molecule has 0 atom stereocenters. The molecule has 2 aromatic heterocycles. The van der Waals surface area contributed by atoms with Crippen LogP contribution in [0.15, 0.2) is 33.1 Å². The van der Waals surface area contributed by atoms with E-state index in [1.807, 2.05) is 38.1 Å². The van der Waals surface area contributed by atoms with Crippen molar-refractivity contribution in [3.63, 3.8) is 0 Å². The van der Waals surface area contributed by atoms with Crippen molar-refractivity contribution < 1.29 is 18.3 Å². The van der Waals surface area contributed by atoms with Crippen LogP contribution in [0.25, 0.3) is 0 Å². The number of furan rings is 2. The Bertz CT molecular complexity index is 523. The maximum absolute atomic E-state index is 5.81. The number of ether oxygens (including phenoxy) is 2. The van der Waals surface area contributed by atoms with Gasteiger partial charge in [-0.15, -0.1) is 0 Å². The van der Waals surface area contributed by atoms with E-state index >= 15 is 0 Å². The van der Waals surface area contributed by atoms with Crippen molar-refractivity contribution in [2.75, 3.05) is 13.2 Å². The van der Waals surface area contributed by atoms with E-state index in [9.17, 15) is 0 Å². The summed E-state index contributed by atoms with van der Waals surface area (Å²) in [6, 6.07) is 8.04. The van der Waals surface area contributed by atoms with Crippen molar-refractivity contribution in [2.24, 2.45) is 0 Å². The van der Waals surface area contributed by atoms with Crippen LogP contribution in [0.4, 0.5) is 0 Å². The Morgan fingerprint density at radius 3 is 2.00 bits per heavy atom. The molecule has 0 bridgehead atoms. The molecular formula is C17H22O4. The molecule has 0 saturated carbocycles. The third-order valence-electron chi connectivity index (χ3n) is 3.80. The van der Waals surface area contributed by atoms with Crippen LogP contribution in [0, 0.1) is 13.8 Å². The summed E-state index contributed by atoms with van der Waals surface area (Å²) in [5.74, 6) is 3.84. The lowest BCUT2D eigenvalue weighted by Gasteiger charge is -2.24. The van der Waals surface area contributed by atoms with Crippen LogP contribution >= 0.6 is 0 Å². The first-order valence-corrected chi connectivity index (χ1v) is 7.58. The molecule has 0 N–H and O–H groups in total. The Kier molecular flexibility index (Phi) is 4.46. The van der Waals surface area contributed by atoms with Gasteiger partial charge in [0.15, 0.2) is 6.29 Å². The molecule has 4 nitrogen and oxygen atoms in total. The quantitative estimate of drug-likeness (QED) is 0.829. The van der Waals surface area contributed by atoms with Gasteiger partial charge < -0.3 is 18.3 Å². The summed E-state index contributed by atoms with van der Waals surface area (Å²) in [6.45, 7) is 5.49. The summed E-state index contributed by atoms with van der Waals surface area (Å²) in [5.41, 5.74) is 0. The molecular weight excluding hydrogens is 268 g/mol. The van der Waals surface area contributed by atoms with Gasteiger partial charge in [0, 0.05) is 0 Å². The smallest absolute Gasteiger partial charge is 0.157 e. The highest BCUT2D eigenvalue weighted by atomic mass is 16.7. The highest BCUT2D eigenvalue weighted by Gasteiger charge is 2.24. The van der Waals surface area contributed by atoms with Gasteiger partial charge in [-0.25, -0.2) is 0 Å².